The molecular formula is C21H25N3O7S. The van der Waals surface area contributed by atoms with Crippen molar-refractivity contribution in [2.45, 2.75) is 24.7 Å². The Balaban J connectivity index is 1.78. The zero-order valence-corrected chi connectivity index (χ0v) is 18.6. The smallest absolute Gasteiger partial charge is 0.339 e. The van der Waals surface area contributed by atoms with Crippen molar-refractivity contribution < 1.29 is 32.6 Å². The lowest BCUT2D eigenvalue weighted by Gasteiger charge is -2.32. The first-order chi connectivity index (χ1) is 15.2. The Morgan fingerprint density at radius 1 is 1.22 bits per heavy atom. The minimum absolute atomic E-state index is 0.000268. The van der Waals surface area contributed by atoms with Crippen molar-refractivity contribution in [2.75, 3.05) is 36.4 Å². The number of nitrogens with zero attached hydrogens (tertiary/aromatic N) is 2. The largest absolute Gasteiger partial charge is 0.497 e. The van der Waals surface area contributed by atoms with Crippen LogP contribution in [0.5, 0.6) is 5.75 Å². The van der Waals surface area contributed by atoms with Gasteiger partial charge in [0.05, 0.1) is 36.4 Å². The van der Waals surface area contributed by atoms with Crippen LogP contribution >= 0.6 is 0 Å². The van der Waals surface area contributed by atoms with Gasteiger partial charge >= 0.3 is 11.9 Å². The fourth-order valence-electron chi connectivity index (χ4n) is 3.48. The highest BCUT2D eigenvalue weighted by molar-refractivity contribution is 7.92. The van der Waals surface area contributed by atoms with Gasteiger partial charge in [0.25, 0.3) is 10.0 Å². The molecule has 1 saturated heterocycles. The summed E-state index contributed by atoms with van der Waals surface area (Å²) in [7, 11) is -2.47. The Bertz CT molecular complexity index is 1080. The molecule has 1 fully saturated rings. The molecule has 0 spiro atoms. The van der Waals surface area contributed by atoms with Gasteiger partial charge < -0.3 is 19.5 Å². The van der Waals surface area contributed by atoms with Crippen LogP contribution in [0.25, 0.3) is 0 Å². The number of ether oxygens (including phenoxy) is 2. The van der Waals surface area contributed by atoms with Gasteiger partial charge in [-0.05, 0) is 50.1 Å². The summed E-state index contributed by atoms with van der Waals surface area (Å²) in [6.45, 7) is 2.94. The second-order valence-corrected chi connectivity index (χ2v) is 8.88. The van der Waals surface area contributed by atoms with E-state index in [1.54, 1.807) is 11.8 Å². The third kappa shape index (κ3) is 5.28. The Hall–Kier alpha value is -3.34. The maximum absolute atomic E-state index is 12.6. The first-order valence-electron chi connectivity index (χ1n) is 10.1. The van der Waals surface area contributed by atoms with Gasteiger partial charge in [0, 0.05) is 13.1 Å². The zero-order chi connectivity index (χ0) is 23.3. The Morgan fingerprint density at radius 2 is 1.88 bits per heavy atom. The van der Waals surface area contributed by atoms with E-state index in [1.165, 1.54) is 43.6 Å². The summed E-state index contributed by atoms with van der Waals surface area (Å²) >= 11 is 0. The molecule has 11 heteroatoms. The molecule has 1 aromatic heterocycles. The molecule has 0 saturated carbocycles. The maximum atomic E-state index is 12.6. The van der Waals surface area contributed by atoms with Crippen molar-refractivity contribution >= 4 is 33.5 Å². The number of carbonyl (C=O) groups excluding carboxylic acids is 1. The molecule has 2 N–H and O–H groups in total. The summed E-state index contributed by atoms with van der Waals surface area (Å²) in [5.74, 6) is -0.968. The number of piperidine rings is 1. The summed E-state index contributed by atoms with van der Waals surface area (Å²) in [5.41, 5.74) is -0.0992. The first kappa shape index (κ1) is 23.3. The Labute approximate surface area is 186 Å². The monoisotopic (exact) mass is 463 g/mol. The Kier molecular flexibility index (Phi) is 7.18. The van der Waals surface area contributed by atoms with E-state index in [0.29, 0.717) is 38.3 Å². The number of carbonyl (C=O) groups is 2. The van der Waals surface area contributed by atoms with E-state index < -0.39 is 16.0 Å². The molecule has 0 amide bonds. The van der Waals surface area contributed by atoms with Crippen molar-refractivity contribution in [3.05, 3.63) is 42.1 Å². The van der Waals surface area contributed by atoms with Crippen molar-refractivity contribution in [1.29, 1.82) is 0 Å². The van der Waals surface area contributed by atoms with E-state index in [1.807, 2.05) is 0 Å². The van der Waals surface area contributed by atoms with Gasteiger partial charge in [0.15, 0.2) is 0 Å². The number of hydrogen-bond acceptors (Lipinski definition) is 8. The van der Waals surface area contributed by atoms with Crippen molar-refractivity contribution in [3.8, 4) is 5.75 Å². The van der Waals surface area contributed by atoms with E-state index in [-0.39, 0.29) is 33.9 Å². The number of hydrogen-bond donors (Lipinski definition) is 2. The van der Waals surface area contributed by atoms with E-state index in [4.69, 9.17) is 9.47 Å². The van der Waals surface area contributed by atoms with Crippen molar-refractivity contribution in [3.63, 3.8) is 0 Å². The van der Waals surface area contributed by atoms with Gasteiger partial charge in [0.2, 0.25) is 0 Å². The fourth-order valence-corrected chi connectivity index (χ4v) is 4.51. The van der Waals surface area contributed by atoms with Gasteiger partial charge in [-0.2, -0.15) is 0 Å². The molecule has 0 atom stereocenters. The number of benzene rings is 1. The van der Waals surface area contributed by atoms with Gasteiger partial charge in [-0.25, -0.2) is 18.2 Å². The predicted octanol–water partition coefficient (Wildman–Crippen LogP) is 2.37. The van der Waals surface area contributed by atoms with Crippen molar-refractivity contribution in [1.82, 2.24) is 4.98 Å². The molecule has 0 radical (unpaired) electrons. The molecule has 10 nitrogen and oxygen atoms in total. The number of rotatable bonds is 8. The van der Waals surface area contributed by atoms with E-state index in [2.05, 4.69) is 9.71 Å². The van der Waals surface area contributed by atoms with Crippen LogP contribution in [-0.2, 0) is 19.6 Å². The van der Waals surface area contributed by atoms with Crippen LogP contribution in [0.4, 0.5) is 11.5 Å². The summed E-state index contributed by atoms with van der Waals surface area (Å²) in [6, 6.07) is 7.03. The van der Waals surface area contributed by atoms with Crippen LogP contribution in [0.3, 0.4) is 0 Å². The fraction of sp³-hybridized carbons (Fsp3) is 0.381. The van der Waals surface area contributed by atoms with Crippen molar-refractivity contribution in [2.24, 2.45) is 5.92 Å². The quantitative estimate of drug-likeness (QED) is 0.566. The molecule has 2 heterocycles. The maximum Gasteiger partial charge on any atom is 0.339 e. The lowest BCUT2D eigenvalue weighted by atomic mass is 9.96. The minimum Gasteiger partial charge on any atom is -0.497 e. The normalized spacial score (nSPS) is 14.6. The third-order valence-electron chi connectivity index (χ3n) is 5.13. The average molecular weight is 464 g/mol. The number of sulfonamides is 1. The molecule has 0 bridgehead atoms. The SMILES string of the molecule is CCOC(=O)C1CCN(c2ncc(NS(=O)(=O)c3ccc(OC)cc3)cc2C(=O)O)CC1. The number of pyridine rings is 1. The van der Waals surface area contributed by atoms with E-state index >= 15 is 0 Å². The van der Waals surface area contributed by atoms with Crippen LogP contribution in [0.2, 0.25) is 0 Å². The number of methoxy groups -OCH3 is 1. The van der Waals surface area contributed by atoms with Crippen LogP contribution in [0.15, 0.2) is 41.4 Å². The molecular weight excluding hydrogens is 438 g/mol. The predicted molar refractivity (Wildman–Crippen MR) is 117 cm³/mol. The number of anilines is 2. The molecule has 2 aromatic rings. The highest BCUT2D eigenvalue weighted by Gasteiger charge is 2.29. The van der Waals surface area contributed by atoms with Crippen LogP contribution in [0.1, 0.15) is 30.1 Å². The molecule has 1 aliphatic rings. The number of carboxylic acid groups (broad SMARTS) is 1. The molecule has 0 unspecified atom stereocenters. The van der Waals surface area contributed by atoms with Crippen LogP contribution < -0.4 is 14.4 Å². The summed E-state index contributed by atoms with van der Waals surface area (Å²) in [4.78, 5) is 29.8. The second-order valence-electron chi connectivity index (χ2n) is 7.19. The topological polar surface area (TPSA) is 135 Å². The highest BCUT2D eigenvalue weighted by Crippen LogP contribution is 2.28. The van der Waals surface area contributed by atoms with Crippen LogP contribution in [0, 0.1) is 5.92 Å². The second kappa shape index (κ2) is 9.86. The standard InChI is InChI=1S/C21H25N3O7S/c1-3-31-21(27)14-8-10-24(11-9-14)19-18(20(25)26)12-15(13-22-19)23-32(28,29)17-6-4-16(30-2)5-7-17/h4-7,12-14,23H,3,8-11H2,1-2H3,(H,25,26). The molecule has 32 heavy (non-hydrogen) atoms. The molecule has 3 rings (SSSR count). The van der Waals surface area contributed by atoms with Gasteiger partial charge in [-0.1, -0.05) is 0 Å². The number of aromatic nitrogens is 1. The van der Waals surface area contributed by atoms with Gasteiger partial charge in [0.1, 0.15) is 17.1 Å². The van der Waals surface area contributed by atoms with Gasteiger partial charge in [-0.15, -0.1) is 0 Å². The lowest BCUT2D eigenvalue weighted by Crippen LogP contribution is -2.38. The summed E-state index contributed by atoms with van der Waals surface area (Å²) in [5, 5.41) is 9.67. The summed E-state index contributed by atoms with van der Waals surface area (Å²) < 4.78 is 37.7. The lowest BCUT2D eigenvalue weighted by molar-refractivity contribution is -0.148. The number of carboxylic acids is 1. The molecule has 1 aromatic carbocycles. The molecule has 0 aliphatic carbocycles. The summed E-state index contributed by atoms with van der Waals surface area (Å²) in [6.07, 6.45) is 2.32. The molecule has 1 aliphatic heterocycles. The molecule has 172 valence electrons. The highest BCUT2D eigenvalue weighted by atomic mass is 32.2. The minimum atomic E-state index is -3.94. The number of aromatic carboxylic acids is 1. The number of nitrogens with one attached hydrogen (secondary N) is 1. The zero-order valence-electron chi connectivity index (χ0n) is 17.8. The third-order valence-corrected chi connectivity index (χ3v) is 6.53. The Morgan fingerprint density at radius 3 is 2.44 bits per heavy atom. The van der Waals surface area contributed by atoms with Crippen LogP contribution in [-0.4, -0.2) is 57.3 Å². The van der Waals surface area contributed by atoms with Gasteiger partial charge in [-0.3, -0.25) is 9.52 Å². The van der Waals surface area contributed by atoms with E-state index in [0.717, 1.165) is 0 Å². The number of esters is 1. The average Bonchev–Trinajstić information content (AvgIpc) is 2.79. The first-order valence-corrected chi connectivity index (χ1v) is 11.5. The van der Waals surface area contributed by atoms with E-state index in [9.17, 15) is 23.1 Å².